The Morgan fingerprint density at radius 1 is 1.16 bits per heavy atom. The number of carbonyl (C=O) groups excluding carboxylic acids is 1. The van der Waals surface area contributed by atoms with Crippen molar-refractivity contribution >= 4 is 17.5 Å². The standard InChI is InChI=1S/C20H20ClN3O/c1-14-5-7-16(8-6-14)18-12-19-20(25)23(9-10-24(19)22-18)13-15-3-2-4-17(21)11-15/h2-11,18-19,22H,12-13H2,1H3. The second-order valence-electron chi connectivity index (χ2n) is 6.65. The molecular weight excluding hydrogens is 334 g/mol. The third-order valence-corrected chi connectivity index (χ3v) is 5.03. The first kappa shape index (κ1) is 16.2. The number of hydrogen-bond acceptors (Lipinski definition) is 3. The van der Waals surface area contributed by atoms with Crippen LogP contribution in [0.15, 0.2) is 60.9 Å². The van der Waals surface area contributed by atoms with Crippen LogP contribution in [0.1, 0.15) is 29.2 Å². The van der Waals surface area contributed by atoms with Crippen LogP contribution >= 0.6 is 11.6 Å². The highest BCUT2D eigenvalue weighted by atomic mass is 35.5. The minimum atomic E-state index is -0.171. The molecule has 2 aliphatic heterocycles. The Morgan fingerprint density at radius 2 is 1.96 bits per heavy atom. The summed E-state index contributed by atoms with van der Waals surface area (Å²) in [5.41, 5.74) is 6.91. The molecule has 0 aromatic heterocycles. The van der Waals surface area contributed by atoms with E-state index < -0.39 is 0 Å². The molecule has 0 bridgehead atoms. The van der Waals surface area contributed by atoms with Crippen LogP contribution in [0.25, 0.3) is 0 Å². The molecule has 2 heterocycles. The van der Waals surface area contributed by atoms with E-state index in [-0.39, 0.29) is 18.0 Å². The lowest BCUT2D eigenvalue weighted by atomic mass is 10.00. The number of rotatable bonds is 3. The predicted molar refractivity (Wildman–Crippen MR) is 98.4 cm³/mol. The number of nitrogens with one attached hydrogen (secondary N) is 1. The summed E-state index contributed by atoms with van der Waals surface area (Å²) in [6.45, 7) is 2.62. The molecule has 2 atom stereocenters. The van der Waals surface area contributed by atoms with Gasteiger partial charge in [0.25, 0.3) is 5.91 Å². The molecule has 5 heteroatoms. The zero-order chi connectivity index (χ0) is 17.4. The third-order valence-electron chi connectivity index (χ3n) is 4.80. The molecule has 2 aromatic carbocycles. The molecule has 128 valence electrons. The minimum absolute atomic E-state index is 0.115. The lowest BCUT2D eigenvalue weighted by molar-refractivity contribution is -0.134. The van der Waals surface area contributed by atoms with E-state index in [2.05, 4.69) is 36.6 Å². The molecule has 0 aliphatic carbocycles. The van der Waals surface area contributed by atoms with E-state index in [9.17, 15) is 4.79 Å². The topological polar surface area (TPSA) is 35.6 Å². The zero-order valence-electron chi connectivity index (χ0n) is 14.0. The van der Waals surface area contributed by atoms with Crippen molar-refractivity contribution in [3.63, 3.8) is 0 Å². The molecule has 2 aromatic rings. The second-order valence-corrected chi connectivity index (χ2v) is 7.08. The van der Waals surface area contributed by atoms with Gasteiger partial charge in [0, 0.05) is 17.4 Å². The van der Waals surface area contributed by atoms with Gasteiger partial charge in [-0.15, -0.1) is 0 Å². The van der Waals surface area contributed by atoms with Crippen molar-refractivity contribution in [1.29, 1.82) is 0 Å². The first-order valence-electron chi connectivity index (χ1n) is 8.44. The highest BCUT2D eigenvalue weighted by Crippen LogP contribution is 2.31. The fourth-order valence-corrected chi connectivity index (χ4v) is 3.63. The van der Waals surface area contributed by atoms with Crippen molar-refractivity contribution in [1.82, 2.24) is 15.3 Å². The summed E-state index contributed by atoms with van der Waals surface area (Å²) in [5.74, 6) is 0.115. The number of amides is 1. The maximum atomic E-state index is 12.9. The zero-order valence-corrected chi connectivity index (χ0v) is 14.8. The lowest BCUT2D eigenvalue weighted by Gasteiger charge is -2.31. The molecule has 4 rings (SSSR count). The van der Waals surface area contributed by atoms with Crippen molar-refractivity contribution in [2.75, 3.05) is 0 Å². The van der Waals surface area contributed by atoms with Crippen LogP contribution in [-0.2, 0) is 11.3 Å². The van der Waals surface area contributed by atoms with E-state index in [1.54, 1.807) is 4.90 Å². The largest absolute Gasteiger partial charge is 0.311 e. The third kappa shape index (κ3) is 3.28. The van der Waals surface area contributed by atoms with Crippen molar-refractivity contribution in [3.05, 3.63) is 82.6 Å². The number of benzene rings is 2. The number of carbonyl (C=O) groups is 1. The lowest BCUT2D eigenvalue weighted by Crippen LogP contribution is -2.47. The normalized spacial score (nSPS) is 22.4. The molecule has 1 saturated heterocycles. The van der Waals surface area contributed by atoms with Crippen molar-refractivity contribution in [2.45, 2.75) is 32.0 Å². The van der Waals surface area contributed by atoms with E-state index in [0.717, 1.165) is 12.0 Å². The molecule has 4 nitrogen and oxygen atoms in total. The maximum Gasteiger partial charge on any atom is 0.251 e. The molecule has 0 saturated carbocycles. The van der Waals surface area contributed by atoms with E-state index in [0.29, 0.717) is 11.6 Å². The first-order chi connectivity index (χ1) is 12.1. The summed E-state index contributed by atoms with van der Waals surface area (Å²) in [7, 11) is 0. The molecule has 0 radical (unpaired) electrons. The van der Waals surface area contributed by atoms with E-state index in [1.165, 1.54) is 11.1 Å². The van der Waals surface area contributed by atoms with Crippen molar-refractivity contribution < 1.29 is 4.79 Å². The Balaban J connectivity index is 1.49. The molecule has 1 fully saturated rings. The summed E-state index contributed by atoms with van der Waals surface area (Å²) in [5, 5.41) is 2.62. The van der Waals surface area contributed by atoms with Crippen LogP contribution < -0.4 is 5.43 Å². The summed E-state index contributed by atoms with van der Waals surface area (Å²) in [4.78, 5) is 14.7. The summed E-state index contributed by atoms with van der Waals surface area (Å²) >= 11 is 6.05. The smallest absolute Gasteiger partial charge is 0.251 e. The highest BCUT2D eigenvalue weighted by Gasteiger charge is 2.39. The number of halogens is 1. The van der Waals surface area contributed by atoms with Gasteiger partial charge in [-0.05, 0) is 36.6 Å². The van der Waals surface area contributed by atoms with E-state index in [1.807, 2.05) is 41.7 Å². The Hall–Kier alpha value is -2.30. The Bertz CT molecular complexity index is 818. The van der Waals surface area contributed by atoms with Gasteiger partial charge >= 0.3 is 0 Å². The second kappa shape index (κ2) is 6.54. The van der Waals surface area contributed by atoms with Gasteiger partial charge < -0.3 is 9.91 Å². The Morgan fingerprint density at radius 3 is 2.72 bits per heavy atom. The van der Waals surface area contributed by atoms with Gasteiger partial charge in [-0.2, -0.15) is 0 Å². The molecule has 2 aliphatic rings. The number of nitrogens with zero attached hydrogens (tertiary/aromatic N) is 2. The van der Waals surface area contributed by atoms with Crippen LogP contribution in [0.5, 0.6) is 0 Å². The van der Waals surface area contributed by atoms with Gasteiger partial charge in [-0.25, -0.2) is 5.43 Å². The fourth-order valence-electron chi connectivity index (χ4n) is 3.42. The van der Waals surface area contributed by atoms with Gasteiger partial charge in [0.1, 0.15) is 6.04 Å². The molecule has 25 heavy (non-hydrogen) atoms. The van der Waals surface area contributed by atoms with Gasteiger partial charge in [0.15, 0.2) is 0 Å². The first-order valence-corrected chi connectivity index (χ1v) is 8.82. The summed E-state index contributed by atoms with van der Waals surface area (Å²) < 4.78 is 0. The van der Waals surface area contributed by atoms with Gasteiger partial charge in [0.05, 0.1) is 12.6 Å². The van der Waals surface area contributed by atoms with Crippen molar-refractivity contribution in [3.8, 4) is 0 Å². The van der Waals surface area contributed by atoms with E-state index >= 15 is 0 Å². The fraction of sp³-hybridized carbons (Fsp3) is 0.250. The summed E-state index contributed by atoms with van der Waals surface area (Å²) in [6, 6.07) is 16.1. The van der Waals surface area contributed by atoms with Gasteiger partial charge in [-0.3, -0.25) is 4.79 Å². The monoisotopic (exact) mass is 353 g/mol. The summed E-state index contributed by atoms with van der Waals surface area (Å²) in [6.07, 6.45) is 4.55. The minimum Gasteiger partial charge on any atom is -0.311 e. The van der Waals surface area contributed by atoms with Crippen LogP contribution in [-0.4, -0.2) is 21.9 Å². The molecule has 1 amide bonds. The number of hydrogen-bond donors (Lipinski definition) is 1. The van der Waals surface area contributed by atoms with Crippen LogP contribution in [0, 0.1) is 6.92 Å². The van der Waals surface area contributed by atoms with Crippen molar-refractivity contribution in [2.24, 2.45) is 0 Å². The quantitative estimate of drug-likeness (QED) is 0.912. The molecule has 1 N–H and O–H groups in total. The number of hydrazine groups is 1. The van der Waals surface area contributed by atoms with Crippen LogP contribution in [0.2, 0.25) is 5.02 Å². The average molecular weight is 354 g/mol. The molecule has 0 spiro atoms. The van der Waals surface area contributed by atoms with Gasteiger partial charge in [-0.1, -0.05) is 53.6 Å². The maximum absolute atomic E-state index is 12.9. The predicted octanol–water partition coefficient (Wildman–Crippen LogP) is 3.78. The molecular formula is C20H20ClN3O. The van der Waals surface area contributed by atoms with Crippen LogP contribution in [0.4, 0.5) is 0 Å². The number of fused-ring (bicyclic) bond motifs is 1. The Labute approximate surface area is 152 Å². The number of aryl methyl sites for hydroxylation is 1. The molecule has 2 unspecified atom stereocenters. The SMILES string of the molecule is Cc1ccc(C2CC3C(=O)N(Cc4cccc(Cl)c4)C=CN3N2)cc1. The van der Waals surface area contributed by atoms with E-state index in [4.69, 9.17) is 11.6 Å². The highest BCUT2D eigenvalue weighted by molar-refractivity contribution is 6.30. The van der Waals surface area contributed by atoms with Crippen LogP contribution in [0.3, 0.4) is 0 Å². The average Bonchev–Trinajstić information content (AvgIpc) is 3.03. The Kier molecular flexibility index (Phi) is 4.24. The van der Waals surface area contributed by atoms with Gasteiger partial charge in [0.2, 0.25) is 0 Å².